The molecule has 4 rings (SSSR count). The van der Waals surface area contributed by atoms with E-state index in [9.17, 15) is 55.6 Å². The van der Waals surface area contributed by atoms with Gasteiger partial charge in [-0.1, -0.05) is 52.0 Å². The minimum atomic E-state index is -3.65. The molecule has 0 spiro atoms. The number of halogens is 2. The van der Waals surface area contributed by atoms with Gasteiger partial charge < -0.3 is 30.6 Å². The van der Waals surface area contributed by atoms with Crippen LogP contribution in [0.1, 0.15) is 87.7 Å². The van der Waals surface area contributed by atoms with Crippen molar-refractivity contribution in [2.75, 3.05) is 35.2 Å². The number of aromatic nitrogens is 4. The Bertz CT molecular complexity index is 2430. The average Bonchev–Trinajstić information content (AvgIpc) is 3.20. The van der Waals surface area contributed by atoms with Crippen LogP contribution in [0.3, 0.4) is 0 Å². The Kier molecular flexibility index (Phi) is 26.7. The molecule has 366 valence electrons. The van der Waals surface area contributed by atoms with Gasteiger partial charge in [-0.25, -0.2) is 54.2 Å². The first-order valence-corrected chi connectivity index (χ1v) is 24.0. The summed E-state index contributed by atoms with van der Waals surface area (Å²) in [5.74, 6) is -3.74. The Morgan fingerprint density at radius 2 is 0.897 bits per heavy atom. The maximum absolute atomic E-state index is 13.5. The number of carboxylic acids is 2. The van der Waals surface area contributed by atoms with Crippen LogP contribution < -0.4 is 8.61 Å². The van der Waals surface area contributed by atoms with Gasteiger partial charge in [0.25, 0.3) is 0 Å². The molecule has 0 unspecified atom stereocenters. The fourth-order valence-corrected chi connectivity index (χ4v) is 6.85. The van der Waals surface area contributed by atoms with Crippen LogP contribution in [0.25, 0.3) is 34.7 Å². The number of hydrogen-bond acceptors (Lipinski definition) is 14. The second-order valence-corrected chi connectivity index (χ2v) is 20.0. The number of carbonyl (C=O) groups is 2. The summed E-state index contributed by atoms with van der Waals surface area (Å²) in [6.07, 6.45) is 1.72. The van der Waals surface area contributed by atoms with Crippen molar-refractivity contribution in [3.05, 3.63) is 94.8 Å². The van der Waals surface area contributed by atoms with Crippen LogP contribution in [0.4, 0.5) is 20.7 Å². The van der Waals surface area contributed by atoms with E-state index in [2.05, 4.69) is 19.9 Å². The summed E-state index contributed by atoms with van der Waals surface area (Å²) in [6.45, 7) is 7.41. The van der Waals surface area contributed by atoms with E-state index < -0.39 is 80.9 Å². The Morgan fingerprint density at radius 1 is 0.603 bits per heavy atom. The van der Waals surface area contributed by atoms with Gasteiger partial charge in [0.2, 0.25) is 31.9 Å². The number of hydrogen-bond donors (Lipinski definition) is 6. The molecule has 18 nitrogen and oxygen atoms in total. The molecule has 0 saturated carbocycles. The first kappa shape index (κ1) is 63.5. The van der Waals surface area contributed by atoms with Gasteiger partial charge in [0.1, 0.15) is 11.6 Å². The molecule has 4 aromatic rings. The molecule has 0 bridgehead atoms. The number of anilines is 2. The summed E-state index contributed by atoms with van der Waals surface area (Å²) < 4.78 is 77.2. The SMILES string of the molecule is CC(C)c1nc(N(C)S(C)(=O)=O)nc(-c2ccc(F)cc2)c1C=C[C@@H](O)C[C@@H](O)CC(=O)O.CC(C)c1nc(N(C)S(C)(=O)=O)nc(-c2ccc(F)cc2)c1C=C[C@@H](O)C[C@@H](O)CC(=O)O.[CaH2].[CsH]. The zero-order valence-electron chi connectivity index (χ0n) is 37.6. The second kappa shape index (κ2) is 28.5. The molecule has 4 atom stereocenters. The van der Waals surface area contributed by atoms with Gasteiger partial charge in [-0.15, -0.1) is 0 Å². The number of aliphatic carboxylic acids is 2. The molecule has 0 fully saturated rings. The summed E-state index contributed by atoms with van der Waals surface area (Å²) in [5.41, 5.74) is 3.60. The van der Waals surface area contributed by atoms with Crippen LogP contribution in [-0.2, 0) is 29.6 Å². The van der Waals surface area contributed by atoms with Crippen LogP contribution >= 0.6 is 0 Å². The minimum absolute atomic E-state index is 0. The third-order valence-corrected chi connectivity index (χ3v) is 11.9. The van der Waals surface area contributed by atoms with E-state index in [0.29, 0.717) is 45.0 Å². The first-order valence-electron chi connectivity index (χ1n) is 20.3. The standard InChI is InChI=1S/2C22H28FN3O6S.Ca.Cs.3H/c2*1-13(2)20-18(10-9-16(27)11-17(28)12-19(29)30)21(14-5-7-15(23)8-6-14)25-22(24-20)26(3)33(4,31)32;;;;;/h2*5-10,13,16-17,27-28H,11-12H2,1-4H3,(H,29,30);;;;;/t2*16-,17-;;;;;/m11...../s1. The molecule has 68 heavy (non-hydrogen) atoms. The second-order valence-electron chi connectivity index (χ2n) is 16.0. The number of nitrogens with zero attached hydrogens (tertiary/aromatic N) is 6. The van der Waals surface area contributed by atoms with E-state index in [1.807, 2.05) is 27.7 Å². The van der Waals surface area contributed by atoms with Crippen LogP contribution in [0, 0.1) is 11.6 Å². The molecule has 0 radical (unpaired) electrons. The molecule has 0 aliphatic rings. The number of rotatable bonds is 20. The molecular formula is C44H59CaCsF2N6O12S2. The van der Waals surface area contributed by atoms with Crippen LogP contribution in [0.15, 0.2) is 60.7 Å². The van der Waals surface area contributed by atoms with Crippen molar-refractivity contribution >= 4 is 163 Å². The molecule has 2 heterocycles. The molecule has 2 aromatic carbocycles. The predicted octanol–water partition coefficient (Wildman–Crippen LogP) is 3.24. The van der Waals surface area contributed by atoms with Gasteiger partial charge in [0.05, 0.1) is 72.5 Å². The Balaban J connectivity index is 0.000000661. The molecule has 0 aliphatic carbocycles. The molecule has 24 heteroatoms. The van der Waals surface area contributed by atoms with Crippen LogP contribution in [0.2, 0.25) is 0 Å². The first-order chi connectivity index (χ1) is 30.6. The monoisotopic (exact) mass is 1140 g/mol. The molecule has 6 N–H and O–H groups in total. The van der Waals surface area contributed by atoms with Crippen molar-refractivity contribution in [3.8, 4) is 22.5 Å². The zero-order chi connectivity index (χ0) is 49.8. The van der Waals surface area contributed by atoms with E-state index in [1.165, 1.54) is 86.9 Å². The van der Waals surface area contributed by atoms with Crippen LogP contribution in [0.5, 0.6) is 0 Å². The summed E-state index contributed by atoms with van der Waals surface area (Å²) in [7, 11) is -4.65. The van der Waals surface area contributed by atoms with Crippen molar-refractivity contribution in [1.29, 1.82) is 0 Å². The van der Waals surface area contributed by atoms with Crippen LogP contribution in [-0.4, -0.2) is 237 Å². The fourth-order valence-electron chi connectivity index (χ4n) is 6.09. The van der Waals surface area contributed by atoms with Gasteiger partial charge in [-0.3, -0.25) is 9.59 Å². The average molecular weight is 1140 g/mol. The molecule has 0 aliphatic heterocycles. The maximum atomic E-state index is 13.5. The third kappa shape index (κ3) is 20.0. The summed E-state index contributed by atoms with van der Waals surface area (Å²) in [5, 5.41) is 57.6. The van der Waals surface area contributed by atoms with Gasteiger partial charge in [-0.2, -0.15) is 0 Å². The predicted molar refractivity (Wildman–Crippen MR) is 261 cm³/mol. The third-order valence-electron chi connectivity index (χ3n) is 9.63. The van der Waals surface area contributed by atoms with Crippen molar-refractivity contribution < 1.29 is 65.8 Å². The number of benzene rings is 2. The summed E-state index contributed by atoms with van der Waals surface area (Å²) in [6, 6.07) is 11.0. The topological polar surface area (TPSA) is 282 Å². The Hall–Kier alpha value is -2.47. The van der Waals surface area contributed by atoms with Crippen molar-refractivity contribution in [2.24, 2.45) is 0 Å². The van der Waals surface area contributed by atoms with Crippen molar-refractivity contribution in [1.82, 2.24) is 19.9 Å². The van der Waals surface area contributed by atoms with Gasteiger partial charge in [-0.05, 0) is 60.4 Å². The zero-order valence-corrected chi connectivity index (χ0v) is 39.2. The molecule has 0 saturated heterocycles. The van der Waals surface area contributed by atoms with Gasteiger partial charge in [0, 0.05) is 49.2 Å². The Morgan fingerprint density at radius 3 is 1.15 bits per heavy atom. The summed E-state index contributed by atoms with van der Waals surface area (Å²) >= 11 is 0. The number of carboxylic acid groups (broad SMARTS) is 2. The Labute approximate surface area is 484 Å². The van der Waals surface area contributed by atoms with E-state index in [1.54, 1.807) is 0 Å². The summed E-state index contributed by atoms with van der Waals surface area (Å²) in [4.78, 5) is 39.1. The quantitative estimate of drug-likeness (QED) is 0.0693. The number of aliphatic hydroxyl groups excluding tert-OH is 4. The number of aliphatic hydroxyl groups is 4. The van der Waals surface area contributed by atoms with E-state index in [-0.39, 0.29) is 143 Å². The van der Waals surface area contributed by atoms with E-state index in [4.69, 9.17) is 10.2 Å². The fraction of sp³-hybridized carbons (Fsp3) is 0.409. The molecule has 0 amide bonds. The van der Waals surface area contributed by atoms with E-state index in [0.717, 1.165) is 21.1 Å². The number of sulfonamides is 2. The molecule has 2 aromatic heterocycles. The van der Waals surface area contributed by atoms with Gasteiger partial charge >= 0.3 is 119 Å². The molecular weight excluding hydrogens is 1080 g/mol. The normalized spacial score (nSPS) is 13.5. The van der Waals surface area contributed by atoms with E-state index >= 15 is 0 Å². The van der Waals surface area contributed by atoms with Crippen molar-refractivity contribution in [3.63, 3.8) is 0 Å². The van der Waals surface area contributed by atoms with Gasteiger partial charge in [0.15, 0.2) is 0 Å². The van der Waals surface area contributed by atoms with Crippen molar-refractivity contribution in [2.45, 2.75) is 89.6 Å².